The van der Waals surface area contributed by atoms with Gasteiger partial charge in [-0.1, -0.05) is 29.8 Å². The summed E-state index contributed by atoms with van der Waals surface area (Å²) in [5.74, 6) is -0.0983. The van der Waals surface area contributed by atoms with Crippen LogP contribution >= 0.6 is 0 Å². The Kier molecular flexibility index (Phi) is 5.95. The van der Waals surface area contributed by atoms with Crippen LogP contribution in [-0.4, -0.2) is 25.1 Å². The summed E-state index contributed by atoms with van der Waals surface area (Å²) < 4.78 is 10.3. The fourth-order valence-electron chi connectivity index (χ4n) is 2.05. The highest BCUT2D eigenvalue weighted by atomic mass is 16.5. The molecule has 0 aliphatic rings. The van der Waals surface area contributed by atoms with Crippen LogP contribution < -0.4 is 10.1 Å². The Hall–Kier alpha value is -2.82. The molecule has 126 valence electrons. The van der Waals surface area contributed by atoms with E-state index in [9.17, 15) is 9.59 Å². The molecule has 0 heterocycles. The Morgan fingerprint density at radius 1 is 1.04 bits per heavy atom. The van der Waals surface area contributed by atoms with Gasteiger partial charge in [0.05, 0.1) is 12.7 Å². The van der Waals surface area contributed by atoms with E-state index in [-0.39, 0.29) is 5.91 Å². The second-order valence-electron chi connectivity index (χ2n) is 5.48. The van der Waals surface area contributed by atoms with Crippen LogP contribution in [-0.2, 0) is 16.1 Å². The third kappa shape index (κ3) is 4.84. The first kappa shape index (κ1) is 17.5. The van der Waals surface area contributed by atoms with Crippen molar-refractivity contribution in [1.29, 1.82) is 0 Å². The minimum absolute atomic E-state index is 0.341. The van der Waals surface area contributed by atoms with Crippen molar-refractivity contribution < 1.29 is 19.1 Å². The standard InChI is InChI=1S/C19H21NO4/c1-13-4-8-16(9-5-13)19(22)24-14(2)18(21)20-12-15-6-10-17(23-3)11-7-15/h4-11,14H,12H2,1-3H3,(H,20,21). The normalized spacial score (nSPS) is 11.5. The Morgan fingerprint density at radius 3 is 2.25 bits per heavy atom. The fourth-order valence-corrected chi connectivity index (χ4v) is 2.05. The van der Waals surface area contributed by atoms with Gasteiger partial charge in [-0.05, 0) is 43.7 Å². The Balaban J connectivity index is 1.84. The van der Waals surface area contributed by atoms with E-state index in [0.29, 0.717) is 12.1 Å². The number of rotatable bonds is 6. The van der Waals surface area contributed by atoms with E-state index >= 15 is 0 Å². The molecule has 5 nitrogen and oxygen atoms in total. The van der Waals surface area contributed by atoms with Crippen LogP contribution in [0.15, 0.2) is 48.5 Å². The summed E-state index contributed by atoms with van der Waals surface area (Å²) in [5, 5.41) is 2.75. The summed E-state index contributed by atoms with van der Waals surface area (Å²) in [7, 11) is 1.60. The van der Waals surface area contributed by atoms with E-state index in [4.69, 9.17) is 9.47 Å². The second-order valence-corrected chi connectivity index (χ2v) is 5.48. The average Bonchev–Trinajstić information content (AvgIpc) is 2.60. The zero-order chi connectivity index (χ0) is 17.5. The topological polar surface area (TPSA) is 64.6 Å². The van der Waals surface area contributed by atoms with Gasteiger partial charge >= 0.3 is 5.97 Å². The highest BCUT2D eigenvalue weighted by Crippen LogP contribution is 2.11. The van der Waals surface area contributed by atoms with E-state index in [0.717, 1.165) is 16.9 Å². The third-order valence-electron chi connectivity index (χ3n) is 3.57. The predicted molar refractivity (Wildman–Crippen MR) is 90.9 cm³/mol. The molecule has 0 radical (unpaired) electrons. The Labute approximate surface area is 141 Å². The Bertz CT molecular complexity index is 692. The first-order chi connectivity index (χ1) is 11.5. The molecule has 2 aromatic carbocycles. The molecule has 0 aliphatic carbocycles. The maximum absolute atomic E-state index is 12.0. The lowest BCUT2D eigenvalue weighted by molar-refractivity contribution is -0.129. The van der Waals surface area contributed by atoms with E-state index in [1.54, 1.807) is 26.2 Å². The predicted octanol–water partition coefficient (Wildman–Crippen LogP) is 2.87. The quantitative estimate of drug-likeness (QED) is 0.829. The molecule has 2 rings (SSSR count). The van der Waals surface area contributed by atoms with Gasteiger partial charge in [0, 0.05) is 6.54 Å². The summed E-state index contributed by atoms with van der Waals surface area (Å²) in [6.07, 6.45) is -0.864. The molecule has 0 saturated heterocycles. The van der Waals surface area contributed by atoms with Gasteiger partial charge in [-0.2, -0.15) is 0 Å². The number of aryl methyl sites for hydroxylation is 1. The molecule has 1 unspecified atom stereocenters. The van der Waals surface area contributed by atoms with Gasteiger partial charge in [0.2, 0.25) is 0 Å². The minimum atomic E-state index is -0.864. The molecule has 1 amide bonds. The van der Waals surface area contributed by atoms with Gasteiger partial charge in [-0.15, -0.1) is 0 Å². The van der Waals surface area contributed by atoms with Crippen LogP contribution in [0.1, 0.15) is 28.4 Å². The van der Waals surface area contributed by atoms with E-state index < -0.39 is 12.1 Å². The zero-order valence-corrected chi connectivity index (χ0v) is 14.0. The molecular weight excluding hydrogens is 306 g/mol. The molecule has 0 aromatic heterocycles. The van der Waals surface area contributed by atoms with E-state index in [1.165, 1.54) is 0 Å². The minimum Gasteiger partial charge on any atom is -0.497 e. The van der Waals surface area contributed by atoms with Crippen LogP contribution in [0.5, 0.6) is 5.75 Å². The maximum atomic E-state index is 12.0. The number of methoxy groups -OCH3 is 1. The lowest BCUT2D eigenvalue weighted by Gasteiger charge is -2.14. The number of hydrogen-bond acceptors (Lipinski definition) is 4. The molecule has 5 heteroatoms. The van der Waals surface area contributed by atoms with Crippen LogP contribution in [0.4, 0.5) is 0 Å². The summed E-state index contributed by atoms with van der Waals surface area (Å²) in [5.41, 5.74) is 2.41. The van der Waals surface area contributed by atoms with Gasteiger partial charge in [-0.25, -0.2) is 4.79 Å². The Morgan fingerprint density at radius 2 is 1.67 bits per heavy atom. The molecular formula is C19H21NO4. The van der Waals surface area contributed by atoms with Crippen LogP contribution in [0.3, 0.4) is 0 Å². The van der Waals surface area contributed by atoms with Crippen molar-refractivity contribution in [3.63, 3.8) is 0 Å². The van der Waals surface area contributed by atoms with Crippen LogP contribution in [0.25, 0.3) is 0 Å². The van der Waals surface area contributed by atoms with E-state index in [1.807, 2.05) is 43.3 Å². The third-order valence-corrected chi connectivity index (χ3v) is 3.57. The molecule has 0 fully saturated rings. The van der Waals surface area contributed by atoms with Crippen LogP contribution in [0.2, 0.25) is 0 Å². The number of ether oxygens (including phenoxy) is 2. The van der Waals surface area contributed by atoms with Gasteiger partial charge in [0.15, 0.2) is 6.10 Å². The summed E-state index contributed by atoms with van der Waals surface area (Å²) in [4.78, 5) is 24.0. The number of amides is 1. The lowest BCUT2D eigenvalue weighted by atomic mass is 10.1. The summed E-state index contributed by atoms with van der Waals surface area (Å²) >= 11 is 0. The van der Waals surface area contributed by atoms with Crippen molar-refractivity contribution in [1.82, 2.24) is 5.32 Å². The molecule has 1 N–H and O–H groups in total. The van der Waals surface area contributed by atoms with Crippen LogP contribution in [0, 0.1) is 6.92 Å². The molecule has 1 atom stereocenters. The van der Waals surface area contributed by atoms with Gasteiger partial charge < -0.3 is 14.8 Å². The molecule has 24 heavy (non-hydrogen) atoms. The fraction of sp³-hybridized carbons (Fsp3) is 0.263. The van der Waals surface area contributed by atoms with Gasteiger partial charge in [-0.3, -0.25) is 4.79 Å². The average molecular weight is 327 g/mol. The number of nitrogens with one attached hydrogen (secondary N) is 1. The molecule has 2 aromatic rings. The number of hydrogen-bond donors (Lipinski definition) is 1. The highest BCUT2D eigenvalue weighted by Gasteiger charge is 2.18. The van der Waals surface area contributed by atoms with Crippen molar-refractivity contribution >= 4 is 11.9 Å². The summed E-state index contributed by atoms with van der Waals surface area (Å²) in [6.45, 7) is 3.84. The zero-order valence-electron chi connectivity index (χ0n) is 14.0. The number of carbonyl (C=O) groups excluding carboxylic acids is 2. The number of esters is 1. The SMILES string of the molecule is COc1ccc(CNC(=O)C(C)OC(=O)c2ccc(C)cc2)cc1. The van der Waals surface area contributed by atoms with Crippen molar-refractivity contribution in [2.75, 3.05) is 7.11 Å². The monoisotopic (exact) mass is 327 g/mol. The maximum Gasteiger partial charge on any atom is 0.338 e. The van der Waals surface area contributed by atoms with Gasteiger partial charge in [0.1, 0.15) is 5.75 Å². The first-order valence-electron chi connectivity index (χ1n) is 7.68. The first-order valence-corrected chi connectivity index (χ1v) is 7.68. The van der Waals surface area contributed by atoms with Crippen molar-refractivity contribution in [2.45, 2.75) is 26.5 Å². The van der Waals surface area contributed by atoms with Crippen molar-refractivity contribution in [2.24, 2.45) is 0 Å². The summed E-state index contributed by atoms with van der Waals surface area (Å²) in [6, 6.07) is 14.4. The molecule has 0 saturated carbocycles. The second kappa shape index (κ2) is 8.15. The van der Waals surface area contributed by atoms with Crippen molar-refractivity contribution in [3.05, 3.63) is 65.2 Å². The molecule has 0 bridgehead atoms. The largest absolute Gasteiger partial charge is 0.497 e. The number of benzene rings is 2. The highest BCUT2D eigenvalue weighted by molar-refractivity contribution is 5.92. The lowest BCUT2D eigenvalue weighted by Crippen LogP contribution is -2.35. The molecule has 0 spiro atoms. The molecule has 0 aliphatic heterocycles. The van der Waals surface area contributed by atoms with E-state index in [2.05, 4.69) is 5.32 Å². The van der Waals surface area contributed by atoms with Gasteiger partial charge in [0.25, 0.3) is 5.91 Å². The smallest absolute Gasteiger partial charge is 0.338 e. The van der Waals surface area contributed by atoms with Crippen molar-refractivity contribution in [3.8, 4) is 5.75 Å². The number of carbonyl (C=O) groups is 2.